The summed E-state index contributed by atoms with van der Waals surface area (Å²) in [7, 11) is -1.26. The highest BCUT2D eigenvalue weighted by Crippen LogP contribution is 2.46. The smallest absolute Gasteiger partial charge is 0.400 e. The third kappa shape index (κ3) is 4.80. The zero-order chi connectivity index (χ0) is 28.4. The number of hydrogen-bond donors (Lipinski definition) is 0. The lowest BCUT2D eigenvalue weighted by atomic mass is 9.61. The van der Waals surface area contributed by atoms with Gasteiger partial charge in [-0.15, -0.1) is 5.10 Å². The molecule has 39 heavy (non-hydrogen) atoms. The molecule has 2 unspecified atom stereocenters. The Morgan fingerprint density at radius 3 is 2.18 bits per heavy atom. The highest BCUT2D eigenvalue weighted by molar-refractivity contribution is 6.74. The van der Waals surface area contributed by atoms with Gasteiger partial charge in [0.1, 0.15) is 0 Å². The van der Waals surface area contributed by atoms with Crippen LogP contribution in [0.2, 0.25) is 0 Å². The lowest BCUT2D eigenvalue weighted by Gasteiger charge is -2.35. The van der Waals surface area contributed by atoms with Gasteiger partial charge in [-0.1, -0.05) is 19.9 Å². The van der Waals surface area contributed by atoms with Crippen LogP contribution in [-0.4, -0.2) is 53.0 Å². The molecule has 7 nitrogen and oxygen atoms in total. The summed E-state index contributed by atoms with van der Waals surface area (Å²) in [6.07, 6.45) is 4.05. The number of aromatic nitrogens is 2. The van der Waals surface area contributed by atoms with Crippen LogP contribution in [0.3, 0.4) is 0 Å². The second-order valence-corrected chi connectivity index (χ2v) is 12.8. The molecule has 0 saturated carbocycles. The molecule has 0 spiro atoms. The number of rotatable bonds is 6. The number of allylic oxidation sites excluding steroid dienone is 1. The Morgan fingerprint density at radius 2 is 1.62 bits per heavy atom. The Labute approximate surface area is 233 Å². The fraction of sp³-hybridized carbons (Fsp3) is 0.690. The Morgan fingerprint density at radius 1 is 0.949 bits per heavy atom. The van der Waals surface area contributed by atoms with Crippen LogP contribution in [0.25, 0.3) is 16.4 Å². The maximum absolute atomic E-state index is 15.4. The first-order valence-electron chi connectivity index (χ1n) is 14.5. The predicted molar refractivity (Wildman–Crippen MR) is 153 cm³/mol. The lowest BCUT2D eigenvalue weighted by Crippen LogP contribution is -2.44. The summed E-state index contributed by atoms with van der Waals surface area (Å²) in [6, 6.07) is 5.78. The van der Waals surface area contributed by atoms with E-state index in [2.05, 4.69) is 39.7 Å². The molecule has 212 valence electrons. The van der Waals surface area contributed by atoms with Gasteiger partial charge in [0.05, 0.1) is 33.3 Å². The maximum Gasteiger partial charge on any atom is 0.494 e. The van der Waals surface area contributed by atoms with E-state index >= 15 is 4.39 Å². The van der Waals surface area contributed by atoms with Crippen LogP contribution >= 0.6 is 0 Å². The van der Waals surface area contributed by atoms with E-state index in [4.69, 9.17) is 23.4 Å². The Balaban J connectivity index is 1.65. The monoisotopic (exact) mass is 540 g/mol. The first-order valence-corrected chi connectivity index (χ1v) is 14.5. The molecule has 4 heterocycles. The van der Waals surface area contributed by atoms with Crippen molar-refractivity contribution >= 4 is 30.6 Å². The van der Waals surface area contributed by atoms with E-state index in [0.717, 1.165) is 42.2 Å². The van der Waals surface area contributed by atoms with Gasteiger partial charge in [-0.3, -0.25) is 0 Å². The summed E-state index contributed by atoms with van der Waals surface area (Å²) < 4.78 is 49.3. The van der Waals surface area contributed by atoms with Crippen molar-refractivity contribution in [2.75, 3.05) is 6.61 Å². The molecular weight excluding hydrogens is 497 g/mol. The van der Waals surface area contributed by atoms with Gasteiger partial charge in [0.15, 0.2) is 6.23 Å². The van der Waals surface area contributed by atoms with Crippen molar-refractivity contribution in [2.45, 2.75) is 123 Å². The Bertz CT molecular complexity index is 1250. The summed E-state index contributed by atoms with van der Waals surface area (Å²) in [4.78, 5) is 0. The molecular formula is C29H43B2FN2O5. The number of ether oxygens (including phenoxy) is 1. The highest BCUT2D eigenvalue weighted by Gasteiger charge is 2.57. The van der Waals surface area contributed by atoms with Gasteiger partial charge in [-0.25, -0.2) is 4.68 Å². The molecule has 2 aromatic rings. The van der Waals surface area contributed by atoms with Crippen LogP contribution in [-0.2, 0) is 23.4 Å². The van der Waals surface area contributed by atoms with E-state index < -0.39 is 42.6 Å². The molecule has 3 saturated heterocycles. The fourth-order valence-electron chi connectivity index (χ4n) is 5.77. The molecule has 1 aromatic heterocycles. The normalized spacial score (nSPS) is 28.8. The van der Waals surface area contributed by atoms with E-state index in [-0.39, 0.29) is 6.23 Å². The van der Waals surface area contributed by atoms with Crippen molar-refractivity contribution in [1.29, 1.82) is 0 Å². The van der Waals surface area contributed by atoms with Gasteiger partial charge in [0.2, 0.25) is 5.95 Å². The summed E-state index contributed by atoms with van der Waals surface area (Å²) in [5, 5.41) is 4.69. The minimum Gasteiger partial charge on any atom is -0.400 e. The Hall–Kier alpha value is -1.71. The van der Waals surface area contributed by atoms with Gasteiger partial charge in [-0.05, 0) is 109 Å². The van der Waals surface area contributed by atoms with E-state index in [1.807, 2.05) is 45.9 Å². The molecule has 3 aliphatic heterocycles. The van der Waals surface area contributed by atoms with Crippen LogP contribution in [0.15, 0.2) is 23.7 Å². The van der Waals surface area contributed by atoms with E-state index in [0.29, 0.717) is 23.9 Å². The standard InChI is InChI=1S/C29H43B2FN2O5/c1-10-21(30-36-26(3,4)27(5,6)37-30)24(31-38-28(7,8)29(9,11-2)39-31)19-15-16-22-20(18-19)25(32)33-34(22)23-14-12-13-17-35-23/h15-16,18,23H,10-14,17H2,1-9H3/b24-21-. The Kier molecular flexibility index (Phi) is 7.37. The van der Waals surface area contributed by atoms with Crippen LogP contribution in [0.4, 0.5) is 4.39 Å². The average Bonchev–Trinajstić information content (AvgIpc) is 3.42. The third-order valence-corrected chi connectivity index (χ3v) is 9.62. The molecule has 0 bridgehead atoms. The molecule has 2 atom stereocenters. The zero-order valence-electron chi connectivity index (χ0n) is 25.0. The fourth-order valence-corrected chi connectivity index (χ4v) is 5.77. The molecule has 0 aliphatic carbocycles. The van der Waals surface area contributed by atoms with Crippen LogP contribution in [0, 0.1) is 5.95 Å². The summed E-state index contributed by atoms with van der Waals surface area (Å²) in [5.41, 5.74) is 1.22. The highest BCUT2D eigenvalue weighted by atomic mass is 19.1. The molecule has 3 fully saturated rings. The number of hydrogen-bond acceptors (Lipinski definition) is 6. The van der Waals surface area contributed by atoms with E-state index in [1.54, 1.807) is 4.68 Å². The van der Waals surface area contributed by atoms with Crippen LogP contribution in [0.5, 0.6) is 0 Å². The van der Waals surface area contributed by atoms with E-state index in [1.165, 1.54) is 0 Å². The van der Waals surface area contributed by atoms with Gasteiger partial charge >= 0.3 is 14.2 Å². The number of halogens is 1. The van der Waals surface area contributed by atoms with E-state index in [9.17, 15) is 0 Å². The van der Waals surface area contributed by atoms with Crippen molar-refractivity contribution in [3.8, 4) is 0 Å². The van der Waals surface area contributed by atoms with Gasteiger partial charge < -0.3 is 23.4 Å². The van der Waals surface area contributed by atoms with Gasteiger partial charge in [-0.2, -0.15) is 4.39 Å². The van der Waals surface area contributed by atoms with Crippen LogP contribution in [0.1, 0.15) is 106 Å². The molecule has 0 amide bonds. The molecule has 3 aliphatic rings. The molecule has 10 heteroatoms. The quantitative estimate of drug-likeness (QED) is 0.381. The topological polar surface area (TPSA) is 64.0 Å². The third-order valence-electron chi connectivity index (χ3n) is 9.62. The SMILES string of the molecule is CC/C(B1OC(C)(C)C(C)(C)O1)=C(/B1OC(C)(C)C(C)(CC)O1)c1ccc2c(c1)c(F)nn2C1CCCCO1. The zero-order valence-corrected chi connectivity index (χ0v) is 25.0. The minimum absolute atomic E-state index is 0.255. The van der Waals surface area contributed by atoms with Gasteiger partial charge in [0.25, 0.3) is 0 Å². The lowest BCUT2D eigenvalue weighted by molar-refractivity contribution is -0.0375. The summed E-state index contributed by atoms with van der Waals surface area (Å²) in [6.45, 7) is 19.2. The predicted octanol–water partition coefficient (Wildman–Crippen LogP) is 6.69. The van der Waals surface area contributed by atoms with Crippen molar-refractivity contribution < 1.29 is 27.7 Å². The molecule has 5 rings (SSSR count). The number of fused-ring (bicyclic) bond motifs is 1. The van der Waals surface area contributed by atoms with Gasteiger partial charge in [0, 0.05) is 6.61 Å². The van der Waals surface area contributed by atoms with Crippen molar-refractivity contribution in [1.82, 2.24) is 9.78 Å². The summed E-state index contributed by atoms with van der Waals surface area (Å²) in [5.74, 6) is -0.513. The largest absolute Gasteiger partial charge is 0.494 e. The first-order chi connectivity index (χ1) is 18.2. The number of nitrogens with zero attached hydrogens (tertiary/aromatic N) is 2. The second-order valence-electron chi connectivity index (χ2n) is 12.8. The van der Waals surface area contributed by atoms with Crippen molar-refractivity contribution in [3.05, 3.63) is 35.2 Å². The minimum atomic E-state index is -0.670. The summed E-state index contributed by atoms with van der Waals surface area (Å²) >= 11 is 0. The molecule has 0 radical (unpaired) electrons. The molecule has 1 aromatic carbocycles. The molecule has 0 N–H and O–H groups in total. The number of benzene rings is 1. The average molecular weight is 540 g/mol. The second kappa shape index (κ2) is 9.98. The maximum atomic E-state index is 15.4. The van der Waals surface area contributed by atoms with Crippen molar-refractivity contribution in [3.63, 3.8) is 0 Å². The van der Waals surface area contributed by atoms with Crippen molar-refractivity contribution in [2.24, 2.45) is 0 Å². The van der Waals surface area contributed by atoms with Crippen LogP contribution < -0.4 is 0 Å². The first kappa shape index (κ1) is 28.8.